The van der Waals surface area contributed by atoms with Crippen LogP contribution in [0, 0.1) is 10.1 Å². The maximum Gasteiger partial charge on any atom is 0.277 e. The van der Waals surface area contributed by atoms with Gasteiger partial charge in [-0.05, 0) is 48.9 Å². The molecule has 1 aliphatic heterocycles. The number of anilines is 1. The summed E-state index contributed by atoms with van der Waals surface area (Å²) in [6.45, 7) is 2.35. The lowest BCUT2D eigenvalue weighted by molar-refractivity contribution is -0.384. The fourth-order valence-corrected chi connectivity index (χ4v) is 2.87. The van der Waals surface area contributed by atoms with Crippen LogP contribution < -0.4 is 9.64 Å². The van der Waals surface area contributed by atoms with E-state index in [1.807, 2.05) is 6.92 Å². The zero-order valence-corrected chi connectivity index (χ0v) is 14.4. The molecule has 0 saturated heterocycles. The highest BCUT2D eigenvalue weighted by atomic mass is 35.5. The molecule has 0 fully saturated rings. The monoisotopic (exact) mass is 372 g/mol. The Hall–Kier alpha value is -3.19. The number of carbonyl (C=O) groups is 2. The van der Waals surface area contributed by atoms with Crippen LogP contribution in [-0.4, -0.2) is 23.3 Å². The largest absolute Gasteiger partial charge is 0.494 e. The predicted octanol–water partition coefficient (Wildman–Crippen LogP) is 3.52. The zero-order valence-electron chi connectivity index (χ0n) is 13.6. The molecule has 0 radical (unpaired) electrons. The van der Waals surface area contributed by atoms with Gasteiger partial charge in [0, 0.05) is 12.1 Å². The Balaban J connectivity index is 1.93. The van der Waals surface area contributed by atoms with Crippen LogP contribution in [-0.2, 0) is 9.59 Å². The number of nitrogens with zero attached hydrogens (tertiary/aromatic N) is 2. The normalized spacial score (nSPS) is 14.2. The van der Waals surface area contributed by atoms with Gasteiger partial charge in [-0.1, -0.05) is 11.6 Å². The minimum Gasteiger partial charge on any atom is -0.494 e. The average molecular weight is 373 g/mol. The molecule has 2 aromatic carbocycles. The Labute approximate surface area is 153 Å². The van der Waals surface area contributed by atoms with Gasteiger partial charge < -0.3 is 4.74 Å². The molecule has 0 unspecified atom stereocenters. The Morgan fingerprint density at radius 1 is 1.04 bits per heavy atom. The van der Waals surface area contributed by atoms with Gasteiger partial charge in [0.2, 0.25) is 0 Å². The number of nitro groups is 1. The smallest absolute Gasteiger partial charge is 0.277 e. The maximum atomic E-state index is 12.8. The third-order valence-electron chi connectivity index (χ3n) is 3.80. The Kier molecular flexibility index (Phi) is 4.73. The molecule has 2 aromatic rings. The van der Waals surface area contributed by atoms with E-state index in [9.17, 15) is 19.7 Å². The van der Waals surface area contributed by atoms with Crippen molar-refractivity contribution >= 4 is 40.4 Å². The molecule has 0 atom stereocenters. The average Bonchev–Trinajstić information content (AvgIpc) is 2.85. The van der Waals surface area contributed by atoms with Crippen molar-refractivity contribution in [3.05, 3.63) is 69.2 Å². The lowest BCUT2D eigenvalue weighted by atomic mass is 10.1. The lowest BCUT2D eigenvalue weighted by Gasteiger charge is -2.15. The standard InChI is InChI=1S/C18H13ClN2O5/c1-2-26-14-9-7-12(8-10-14)20-17(22)15(16(19)18(20)23)11-3-5-13(6-4-11)21(24)25/h3-10H,2H2,1H3. The van der Waals surface area contributed by atoms with Gasteiger partial charge >= 0.3 is 0 Å². The Morgan fingerprint density at radius 2 is 1.65 bits per heavy atom. The van der Waals surface area contributed by atoms with Crippen LogP contribution in [0.25, 0.3) is 5.57 Å². The molecule has 8 heteroatoms. The zero-order chi connectivity index (χ0) is 18.8. The number of imide groups is 1. The molecule has 1 heterocycles. The minimum absolute atomic E-state index is 0.0143. The van der Waals surface area contributed by atoms with E-state index in [0.29, 0.717) is 23.6 Å². The van der Waals surface area contributed by atoms with E-state index < -0.39 is 16.7 Å². The van der Waals surface area contributed by atoms with Crippen molar-refractivity contribution in [2.24, 2.45) is 0 Å². The Bertz CT molecular complexity index is 920. The molecular formula is C18H13ClN2O5. The molecule has 3 rings (SSSR count). The third-order valence-corrected chi connectivity index (χ3v) is 4.15. The van der Waals surface area contributed by atoms with Gasteiger partial charge in [-0.2, -0.15) is 0 Å². The first-order valence-corrected chi connectivity index (χ1v) is 8.08. The summed E-state index contributed by atoms with van der Waals surface area (Å²) in [7, 11) is 0. The van der Waals surface area contributed by atoms with Crippen LogP contribution in [0.4, 0.5) is 11.4 Å². The second-order valence-electron chi connectivity index (χ2n) is 5.37. The topological polar surface area (TPSA) is 89.8 Å². The van der Waals surface area contributed by atoms with Crippen LogP contribution in [0.2, 0.25) is 0 Å². The number of non-ortho nitro benzene ring substituents is 1. The molecule has 26 heavy (non-hydrogen) atoms. The molecule has 132 valence electrons. The number of ether oxygens (including phenoxy) is 1. The van der Waals surface area contributed by atoms with Gasteiger partial charge in [-0.3, -0.25) is 19.7 Å². The second-order valence-corrected chi connectivity index (χ2v) is 5.74. The predicted molar refractivity (Wildman–Crippen MR) is 96.0 cm³/mol. The molecule has 0 N–H and O–H groups in total. The fraction of sp³-hybridized carbons (Fsp3) is 0.111. The van der Waals surface area contributed by atoms with Crippen LogP contribution in [0.3, 0.4) is 0 Å². The highest BCUT2D eigenvalue weighted by Crippen LogP contribution is 2.35. The van der Waals surface area contributed by atoms with E-state index in [0.717, 1.165) is 4.90 Å². The van der Waals surface area contributed by atoms with Gasteiger partial charge in [0.05, 0.1) is 22.8 Å². The summed E-state index contributed by atoms with van der Waals surface area (Å²) in [5.41, 5.74) is 0.594. The summed E-state index contributed by atoms with van der Waals surface area (Å²) in [4.78, 5) is 36.4. The lowest BCUT2D eigenvalue weighted by Crippen LogP contribution is -2.31. The van der Waals surface area contributed by atoms with Gasteiger partial charge in [0.25, 0.3) is 17.5 Å². The molecular weight excluding hydrogens is 360 g/mol. The summed E-state index contributed by atoms with van der Waals surface area (Å²) in [6, 6.07) is 11.8. The first-order chi connectivity index (χ1) is 12.4. The fourth-order valence-electron chi connectivity index (χ4n) is 2.60. The quantitative estimate of drug-likeness (QED) is 0.455. The maximum absolute atomic E-state index is 12.8. The van der Waals surface area contributed by atoms with Crippen molar-refractivity contribution in [2.45, 2.75) is 6.92 Å². The van der Waals surface area contributed by atoms with Crippen LogP contribution in [0.5, 0.6) is 5.75 Å². The molecule has 0 spiro atoms. The highest BCUT2D eigenvalue weighted by molar-refractivity contribution is 6.60. The van der Waals surface area contributed by atoms with E-state index in [1.165, 1.54) is 24.3 Å². The molecule has 0 aromatic heterocycles. The second kappa shape index (κ2) is 6.97. The summed E-state index contributed by atoms with van der Waals surface area (Å²) in [6.07, 6.45) is 0. The molecule has 0 bridgehead atoms. The number of amides is 2. The highest BCUT2D eigenvalue weighted by Gasteiger charge is 2.39. The van der Waals surface area contributed by atoms with E-state index in [-0.39, 0.29) is 16.3 Å². The van der Waals surface area contributed by atoms with Crippen molar-refractivity contribution < 1.29 is 19.2 Å². The molecule has 1 aliphatic rings. The molecule has 7 nitrogen and oxygen atoms in total. The van der Waals surface area contributed by atoms with Gasteiger partial charge in [0.15, 0.2) is 0 Å². The SMILES string of the molecule is CCOc1ccc(N2C(=O)C(Cl)=C(c3ccc([N+](=O)[O-])cc3)C2=O)cc1. The summed E-state index contributed by atoms with van der Waals surface area (Å²) >= 11 is 6.10. The van der Waals surface area contributed by atoms with Crippen molar-refractivity contribution in [1.82, 2.24) is 0 Å². The number of halogens is 1. The third kappa shape index (κ3) is 3.04. The van der Waals surface area contributed by atoms with E-state index in [4.69, 9.17) is 16.3 Å². The van der Waals surface area contributed by atoms with Crippen molar-refractivity contribution in [1.29, 1.82) is 0 Å². The number of nitro benzene ring substituents is 1. The summed E-state index contributed by atoms with van der Waals surface area (Å²) in [5.74, 6) is -0.614. The summed E-state index contributed by atoms with van der Waals surface area (Å²) < 4.78 is 5.34. The van der Waals surface area contributed by atoms with Crippen LogP contribution in [0.1, 0.15) is 12.5 Å². The van der Waals surface area contributed by atoms with Gasteiger partial charge in [-0.25, -0.2) is 4.90 Å². The Morgan fingerprint density at radius 3 is 2.19 bits per heavy atom. The number of rotatable bonds is 5. The minimum atomic E-state index is -0.644. The number of hydrogen-bond donors (Lipinski definition) is 0. The molecule has 0 aliphatic carbocycles. The van der Waals surface area contributed by atoms with Crippen molar-refractivity contribution in [3.8, 4) is 5.75 Å². The number of hydrogen-bond acceptors (Lipinski definition) is 5. The van der Waals surface area contributed by atoms with Crippen LogP contribution >= 0.6 is 11.6 Å². The van der Waals surface area contributed by atoms with E-state index in [2.05, 4.69) is 0 Å². The number of benzene rings is 2. The van der Waals surface area contributed by atoms with Gasteiger partial charge in [0.1, 0.15) is 10.8 Å². The number of carbonyl (C=O) groups excluding carboxylic acids is 2. The molecule has 0 saturated carbocycles. The van der Waals surface area contributed by atoms with E-state index >= 15 is 0 Å². The van der Waals surface area contributed by atoms with E-state index in [1.54, 1.807) is 24.3 Å². The first kappa shape index (κ1) is 17.6. The first-order valence-electron chi connectivity index (χ1n) is 7.70. The van der Waals surface area contributed by atoms with Crippen molar-refractivity contribution in [3.63, 3.8) is 0 Å². The summed E-state index contributed by atoms with van der Waals surface area (Å²) in [5, 5.41) is 10.5. The van der Waals surface area contributed by atoms with Gasteiger partial charge in [-0.15, -0.1) is 0 Å². The van der Waals surface area contributed by atoms with Crippen molar-refractivity contribution in [2.75, 3.05) is 11.5 Å². The molecule has 2 amide bonds. The van der Waals surface area contributed by atoms with Crippen LogP contribution in [0.15, 0.2) is 53.6 Å².